The minimum atomic E-state index is 0.450. The van der Waals surface area contributed by atoms with E-state index in [2.05, 4.69) is 28.7 Å². The van der Waals surface area contributed by atoms with E-state index in [1.165, 1.54) is 0 Å². The van der Waals surface area contributed by atoms with Gasteiger partial charge < -0.3 is 14.6 Å². The van der Waals surface area contributed by atoms with Gasteiger partial charge in [0.15, 0.2) is 0 Å². The maximum Gasteiger partial charge on any atom is 0.0946 e. The van der Waals surface area contributed by atoms with Crippen molar-refractivity contribution < 1.29 is 4.74 Å². The number of methoxy groups -OCH3 is 1. The number of rotatable bonds is 7. The first-order chi connectivity index (χ1) is 7.22. The molecule has 1 heterocycles. The van der Waals surface area contributed by atoms with Gasteiger partial charge in [-0.3, -0.25) is 0 Å². The molecule has 2 unspecified atom stereocenters. The van der Waals surface area contributed by atoms with E-state index in [0.29, 0.717) is 12.1 Å². The standard InChI is InChI=1S/C11H21N3O/c1-10(4-7-15-3)13-11(2)8-14-6-5-12-9-14/h5-6,9-11,13H,4,7-8H2,1-3H3. The summed E-state index contributed by atoms with van der Waals surface area (Å²) in [7, 11) is 1.74. The van der Waals surface area contributed by atoms with Gasteiger partial charge in [-0.25, -0.2) is 4.98 Å². The van der Waals surface area contributed by atoms with Crippen molar-refractivity contribution in [2.24, 2.45) is 0 Å². The van der Waals surface area contributed by atoms with Crippen LogP contribution in [0.25, 0.3) is 0 Å². The van der Waals surface area contributed by atoms with Crippen LogP contribution in [0.3, 0.4) is 0 Å². The molecule has 1 rings (SSSR count). The van der Waals surface area contributed by atoms with Crippen molar-refractivity contribution in [2.45, 2.75) is 38.9 Å². The summed E-state index contributed by atoms with van der Waals surface area (Å²) in [4.78, 5) is 4.02. The highest BCUT2D eigenvalue weighted by Gasteiger charge is 2.07. The second kappa shape index (κ2) is 6.58. The predicted octanol–water partition coefficient (Wildman–Crippen LogP) is 1.29. The average Bonchev–Trinajstić information content (AvgIpc) is 2.67. The lowest BCUT2D eigenvalue weighted by Crippen LogP contribution is -2.37. The zero-order chi connectivity index (χ0) is 11.1. The van der Waals surface area contributed by atoms with E-state index in [0.717, 1.165) is 19.6 Å². The molecular formula is C11H21N3O. The van der Waals surface area contributed by atoms with Crippen LogP contribution in [0, 0.1) is 0 Å². The first-order valence-electron chi connectivity index (χ1n) is 5.43. The van der Waals surface area contributed by atoms with Gasteiger partial charge in [-0.1, -0.05) is 0 Å². The largest absolute Gasteiger partial charge is 0.385 e. The summed E-state index contributed by atoms with van der Waals surface area (Å²) < 4.78 is 7.13. The number of nitrogens with zero attached hydrogens (tertiary/aromatic N) is 2. The van der Waals surface area contributed by atoms with Crippen LogP contribution in [0.5, 0.6) is 0 Å². The van der Waals surface area contributed by atoms with Crippen LogP contribution in [-0.2, 0) is 11.3 Å². The zero-order valence-electron chi connectivity index (χ0n) is 9.81. The van der Waals surface area contributed by atoms with E-state index in [1.54, 1.807) is 13.3 Å². The van der Waals surface area contributed by atoms with Crippen molar-refractivity contribution in [3.63, 3.8) is 0 Å². The molecule has 4 nitrogen and oxygen atoms in total. The summed E-state index contributed by atoms with van der Waals surface area (Å²) >= 11 is 0. The van der Waals surface area contributed by atoms with Gasteiger partial charge in [0.2, 0.25) is 0 Å². The molecule has 1 aromatic heterocycles. The van der Waals surface area contributed by atoms with E-state index < -0.39 is 0 Å². The Labute approximate surface area is 91.7 Å². The van der Waals surface area contributed by atoms with Crippen LogP contribution in [0.1, 0.15) is 20.3 Å². The fraction of sp³-hybridized carbons (Fsp3) is 0.727. The molecule has 0 fully saturated rings. The third-order valence-corrected chi connectivity index (χ3v) is 2.37. The SMILES string of the molecule is COCCC(C)NC(C)Cn1ccnc1. The summed E-state index contributed by atoms with van der Waals surface area (Å²) in [6, 6.07) is 0.939. The van der Waals surface area contributed by atoms with Crippen molar-refractivity contribution in [2.75, 3.05) is 13.7 Å². The molecule has 4 heteroatoms. The van der Waals surface area contributed by atoms with Gasteiger partial charge in [0.25, 0.3) is 0 Å². The third-order valence-electron chi connectivity index (χ3n) is 2.37. The second-order valence-corrected chi connectivity index (χ2v) is 4.01. The molecule has 0 aliphatic carbocycles. The molecule has 0 saturated heterocycles. The normalized spacial score (nSPS) is 15.1. The van der Waals surface area contributed by atoms with Crippen LogP contribution < -0.4 is 5.32 Å². The first-order valence-corrected chi connectivity index (χ1v) is 5.43. The Morgan fingerprint density at radius 3 is 2.80 bits per heavy atom. The molecule has 0 saturated carbocycles. The van der Waals surface area contributed by atoms with E-state index in [9.17, 15) is 0 Å². The molecule has 1 N–H and O–H groups in total. The Morgan fingerprint density at radius 1 is 1.40 bits per heavy atom. The number of nitrogens with one attached hydrogen (secondary N) is 1. The van der Waals surface area contributed by atoms with Gasteiger partial charge in [0.1, 0.15) is 0 Å². The van der Waals surface area contributed by atoms with E-state index in [4.69, 9.17) is 4.74 Å². The van der Waals surface area contributed by atoms with Gasteiger partial charge in [-0.05, 0) is 20.3 Å². The van der Waals surface area contributed by atoms with E-state index in [1.807, 2.05) is 12.5 Å². The fourth-order valence-corrected chi connectivity index (χ4v) is 1.63. The minimum Gasteiger partial charge on any atom is -0.385 e. The zero-order valence-corrected chi connectivity index (χ0v) is 9.81. The Hall–Kier alpha value is -0.870. The topological polar surface area (TPSA) is 39.1 Å². The highest BCUT2D eigenvalue weighted by atomic mass is 16.5. The summed E-state index contributed by atoms with van der Waals surface area (Å²) in [5, 5.41) is 3.52. The Bertz CT molecular complexity index is 248. The number of hydrogen-bond donors (Lipinski definition) is 1. The lowest BCUT2D eigenvalue weighted by Gasteiger charge is -2.20. The van der Waals surface area contributed by atoms with Gasteiger partial charge >= 0.3 is 0 Å². The summed E-state index contributed by atoms with van der Waals surface area (Å²) in [6.45, 7) is 6.13. The maximum absolute atomic E-state index is 5.04. The molecule has 86 valence electrons. The molecule has 15 heavy (non-hydrogen) atoms. The van der Waals surface area contributed by atoms with Gasteiger partial charge in [0.05, 0.1) is 6.33 Å². The fourth-order valence-electron chi connectivity index (χ4n) is 1.63. The highest BCUT2D eigenvalue weighted by Crippen LogP contribution is 1.97. The quantitative estimate of drug-likeness (QED) is 0.738. The van der Waals surface area contributed by atoms with Crippen LogP contribution in [0.2, 0.25) is 0 Å². The molecule has 0 spiro atoms. The Kier molecular flexibility index (Phi) is 5.36. The first kappa shape index (κ1) is 12.2. The molecule has 0 aliphatic heterocycles. The van der Waals surface area contributed by atoms with Crippen molar-refractivity contribution in [3.05, 3.63) is 18.7 Å². The average molecular weight is 211 g/mol. The number of imidazole rings is 1. The van der Waals surface area contributed by atoms with Crippen molar-refractivity contribution in [3.8, 4) is 0 Å². The number of hydrogen-bond acceptors (Lipinski definition) is 3. The van der Waals surface area contributed by atoms with Gasteiger partial charge in [-0.2, -0.15) is 0 Å². The molecule has 0 bridgehead atoms. The molecule has 0 aromatic carbocycles. The van der Waals surface area contributed by atoms with E-state index in [-0.39, 0.29) is 0 Å². The monoisotopic (exact) mass is 211 g/mol. The predicted molar refractivity (Wildman–Crippen MR) is 60.8 cm³/mol. The lowest BCUT2D eigenvalue weighted by molar-refractivity contribution is 0.182. The molecule has 2 atom stereocenters. The number of aromatic nitrogens is 2. The van der Waals surface area contributed by atoms with Gasteiger partial charge in [-0.15, -0.1) is 0 Å². The van der Waals surface area contributed by atoms with Crippen molar-refractivity contribution in [1.29, 1.82) is 0 Å². The lowest BCUT2D eigenvalue weighted by atomic mass is 10.2. The van der Waals surface area contributed by atoms with E-state index >= 15 is 0 Å². The third kappa shape index (κ3) is 4.95. The van der Waals surface area contributed by atoms with Crippen LogP contribution in [-0.4, -0.2) is 35.4 Å². The summed E-state index contributed by atoms with van der Waals surface area (Å²) in [5.74, 6) is 0. The smallest absolute Gasteiger partial charge is 0.0946 e. The maximum atomic E-state index is 5.04. The molecule has 1 aromatic rings. The van der Waals surface area contributed by atoms with Crippen LogP contribution in [0.15, 0.2) is 18.7 Å². The molecule has 0 radical (unpaired) electrons. The van der Waals surface area contributed by atoms with Crippen LogP contribution in [0.4, 0.5) is 0 Å². The molecule has 0 amide bonds. The highest BCUT2D eigenvalue weighted by molar-refractivity contribution is 4.77. The Balaban J connectivity index is 2.20. The van der Waals surface area contributed by atoms with Crippen molar-refractivity contribution in [1.82, 2.24) is 14.9 Å². The second-order valence-electron chi connectivity index (χ2n) is 4.01. The molecule has 0 aliphatic rings. The van der Waals surface area contributed by atoms with Crippen molar-refractivity contribution >= 4 is 0 Å². The van der Waals surface area contributed by atoms with Crippen LogP contribution >= 0.6 is 0 Å². The van der Waals surface area contributed by atoms with Gasteiger partial charge in [0, 0.05) is 44.7 Å². The minimum absolute atomic E-state index is 0.450. The summed E-state index contributed by atoms with van der Waals surface area (Å²) in [6.07, 6.45) is 6.68. The molecular weight excluding hydrogens is 190 g/mol. The summed E-state index contributed by atoms with van der Waals surface area (Å²) in [5.41, 5.74) is 0. The Morgan fingerprint density at radius 2 is 2.20 bits per heavy atom. The number of ether oxygens (including phenoxy) is 1.